The number of rotatable bonds is 6. The van der Waals surface area contributed by atoms with Gasteiger partial charge in [0, 0.05) is 19.3 Å². The molecule has 1 aromatic rings. The van der Waals surface area contributed by atoms with Gasteiger partial charge in [0.15, 0.2) is 0 Å². The van der Waals surface area contributed by atoms with Gasteiger partial charge in [0.05, 0.1) is 17.0 Å². The standard InChI is InChI=1S/C16H23ClN4O2S/c1-24-8-6-13(18)16(23)21-7-2-3-11(10-21)15(22)20-14-5-4-12(17)9-19-14/h4-5,9,11,13H,2-3,6-8,10,18H2,1H3,(H,19,20,22). The van der Waals surface area contributed by atoms with Crippen molar-refractivity contribution in [2.45, 2.75) is 25.3 Å². The van der Waals surface area contributed by atoms with Crippen LogP contribution in [-0.4, -0.2) is 52.8 Å². The number of nitrogens with zero attached hydrogens (tertiary/aromatic N) is 2. The summed E-state index contributed by atoms with van der Waals surface area (Å²) in [6.07, 6.45) is 5.68. The fourth-order valence-corrected chi connectivity index (χ4v) is 3.27. The van der Waals surface area contributed by atoms with Crippen LogP contribution in [0.2, 0.25) is 5.02 Å². The van der Waals surface area contributed by atoms with Crippen LogP contribution in [0.25, 0.3) is 0 Å². The van der Waals surface area contributed by atoms with Gasteiger partial charge in [0.2, 0.25) is 11.8 Å². The van der Waals surface area contributed by atoms with Gasteiger partial charge >= 0.3 is 0 Å². The first-order chi connectivity index (χ1) is 11.5. The average Bonchev–Trinajstić information content (AvgIpc) is 2.61. The molecule has 1 aliphatic rings. The highest BCUT2D eigenvalue weighted by atomic mass is 35.5. The molecule has 6 nitrogen and oxygen atoms in total. The Balaban J connectivity index is 1.90. The topological polar surface area (TPSA) is 88.3 Å². The molecule has 2 atom stereocenters. The number of likely N-dealkylation sites (tertiary alicyclic amines) is 1. The first kappa shape index (κ1) is 19.0. The van der Waals surface area contributed by atoms with Gasteiger partial charge < -0.3 is 16.0 Å². The van der Waals surface area contributed by atoms with Gasteiger partial charge in [0.25, 0.3) is 0 Å². The van der Waals surface area contributed by atoms with Gasteiger partial charge in [0.1, 0.15) is 5.82 Å². The second kappa shape index (κ2) is 9.25. The van der Waals surface area contributed by atoms with E-state index in [1.54, 1.807) is 28.8 Å². The molecule has 132 valence electrons. The third-order valence-electron chi connectivity index (χ3n) is 4.03. The number of amides is 2. The molecule has 0 bridgehead atoms. The van der Waals surface area contributed by atoms with E-state index in [2.05, 4.69) is 10.3 Å². The molecule has 1 saturated heterocycles. The zero-order valence-corrected chi connectivity index (χ0v) is 15.3. The molecular formula is C16H23ClN4O2S. The van der Waals surface area contributed by atoms with Gasteiger partial charge in [-0.15, -0.1) is 0 Å². The van der Waals surface area contributed by atoms with E-state index in [1.807, 2.05) is 6.26 Å². The van der Waals surface area contributed by atoms with E-state index in [0.29, 0.717) is 30.4 Å². The van der Waals surface area contributed by atoms with Crippen molar-refractivity contribution >= 4 is 41.0 Å². The molecule has 2 rings (SSSR count). The summed E-state index contributed by atoms with van der Waals surface area (Å²) in [4.78, 5) is 30.6. The molecule has 1 fully saturated rings. The van der Waals surface area contributed by atoms with Crippen molar-refractivity contribution in [3.8, 4) is 0 Å². The first-order valence-corrected chi connectivity index (χ1v) is 9.74. The maximum Gasteiger partial charge on any atom is 0.239 e. The quantitative estimate of drug-likeness (QED) is 0.799. The van der Waals surface area contributed by atoms with E-state index in [0.717, 1.165) is 18.6 Å². The van der Waals surface area contributed by atoms with Gasteiger partial charge in [-0.05, 0) is 43.4 Å². The number of carbonyl (C=O) groups is 2. The van der Waals surface area contributed by atoms with Crippen LogP contribution in [0.15, 0.2) is 18.3 Å². The van der Waals surface area contributed by atoms with Crippen LogP contribution in [0.4, 0.5) is 5.82 Å². The summed E-state index contributed by atoms with van der Waals surface area (Å²) in [5.41, 5.74) is 5.97. The summed E-state index contributed by atoms with van der Waals surface area (Å²) >= 11 is 7.45. The van der Waals surface area contributed by atoms with Crippen molar-refractivity contribution in [2.75, 3.05) is 30.4 Å². The Hall–Kier alpha value is -1.31. The average molecular weight is 371 g/mol. The number of aromatic nitrogens is 1. The largest absolute Gasteiger partial charge is 0.341 e. The van der Waals surface area contributed by atoms with E-state index in [1.165, 1.54) is 6.20 Å². The van der Waals surface area contributed by atoms with Crippen molar-refractivity contribution < 1.29 is 9.59 Å². The maximum absolute atomic E-state index is 12.4. The van der Waals surface area contributed by atoms with Crippen molar-refractivity contribution in [3.05, 3.63) is 23.4 Å². The fraction of sp³-hybridized carbons (Fsp3) is 0.562. The first-order valence-electron chi connectivity index (χ1n) is 7.97. The van der Waals surface area contributed by atoms with Crippen LogP contribution in [0.3, 0.4) is 0 Å². The Morgan fingerprint density at radius 2 is 2.33 bits per heavy atom. The molecule has 0 radical (unpaired) electrons. The Morgan fingerprint density at radius 3 is 3.00 bits per heavy atom. The lowest BCUT2D eigenvalue weighted by Gasteiger charge is -2.33. The van der Waals surface area contributed by atoms with Gasteiger partial charge in [-0.2, -0.15) is 11.8 Å². The van der Waals surface area contributed by atoms with Crippen molar-refractivity contribution in [1.82, 2.24) is 9.88 Å². The molecule has 2 amide bonds. The van der Waals surface area contributed by atoms with Crippen LogP contribution < -0.4 is 11.1 Å². The molecule has 0 spiro atoms. The molecule has 0 aliphatic carbocycles. The summed E-state index contributed by atoms with van der Waals surface area (Å²) in [6, 6.07) is 2.84. The molecule has 0 aromatic carbocycles. The minimum absolute atomic E-state index is 0.0637. The highest BCUT2D eigenvalue weighted by molar-refractivity contribution is 7.98. The number of thioether (sulfide) groups is 1. The molecule has 1 aliphatic heterocycles. The number of halogens is 1. The predicted molar refractivity (Wildman–Crippen MR) is 98.2 cm³/mol. The maximum atomic E-state index is 12.4. The van der Waals surface area contributed by atoms with E-state index in [-0.39, 0.29) is 17.7 Å². The Bertz CT molecular complexity index is 570. The van der Waals surface area contributed by atoms with E-state index < -0.39 is 6.04 Å². The molecule has 8 heteroatoms. The summed E-state index contributed by atoms with van der Waals surface area (Å²) in [6.45, 7) is 1.07. The van der Waals surface area contributed by atoms with Crippen LogP contribution in [0.1, 0.15) is 19.3 Å². The van der Waals surface area contributed by atoms with Crippen molar-refractivity contribution in [3.63, 3.8) is 0 Å². The number of piperidine rings is 1. The number of hydrogen-bond acceptors (Lipinski definition) is 5. The van der Waals surface area contributed by atoms with Crippen LogP contribution >= 0.6 is 23.4 Å². The number of carbonyl (C=O) groups excluding carboxylic acids is 2. The molecule has 2 unspecified atom stereocenters. The molecule has 24 heavy (non-hydrogen) atoms. The highest BCUT2D eigenvalue weighted by Gasteiger charge is 2.30. The molecule has 1 aromatic heterocycles. The van der Waals surface area contributed by atoms with E-state index in [9.17, 15) is 9.59 Å². The van der Waals surface area contributed by atoms with Crippen LogP contribution in [0, 0.1) is 5.92 Å². The molecule has 2 heterocycles. The lowest BCUT2D eigenvalue weighted by atomic mass is 9.96. The van der Waals surface area contributed by atoms with Gasteiger partial charge in [-0.1, -0.05) is 11.6 Å². The summed E-state index contributed by atoms with van der Waals surface area (Å²) in [5.74, 6) is 0.885. The zero-order valence-electron chi connectivity index (χ0n) is 13.7. The Labute approximate surface area is 151 Å². The molecule has 3 N–H and O–H groups in total. The van der Waals surface area contributed by atoms with Crippen molar-refractivity contribution in [2.24, 2.45) is 11.7 Å². The Morgan fingerprint density at radius 1 is 1.54 bits per heavy atom. The summed E-state index contributed by atoms with van der Waals surface area (Å²) in [5, 5.41) is 3.30. The minimum Gasteiger partial charge on any atom is -0.341 e. The van der Waals surface area contributed by atoms with Gasteiger partial charge in [-0.3, -0.25) is 9.59 Å². The number of nitrogens with one attached hydrogen (secondary N) is 1. The second-order valence-corrected chi connectivity index (χ2v) is 7.28. The monoisotopic (exact) mass is 370 g/mol. The lowest BCUT2D eigenvalue weighted by Crippen LogP contribution is -2.50. The summed E-state index contributed by atoms with van der Waals surface area (Å²) < 4.78 is 0. The number of anilines is 1. The van der Waals surface area contributed by atoms with E-state index >= 15 is 0 Å². The minimum atomic E-state index is -0.489. The number of hydrogen-bond donors (Lipinski definition) is 2. The summed E-state index contributed by atoms with van der Waals surface area (Å²) in [7, 11) is 0. The predicted octanol–water partition coefficient (Wildman–Crippen LogP) is 1.99. The van der Waals surface area contributed by atoms with Crippen LogP contribution in [-0.2, 0) is 9.59 Å². The molecular weight excluding hydrogens is 348 g/mol. The normalized spacial score (nSPS) is 19.0. The van der Waals surface area contributed by atoms with Crippen LogP contribution in [0.5, 0.6) is 0 Å². The van der Waals surface area contributed by atoms with Gasteiger partial charge in [-0.25, -0.2) is 4.98 Å². The smallest absolute Gasteiger partial charge is 0.239 e. The number of nitrogens with two attached hydrogens (primary N) is 1. The van der Waals surface area contributed by atoms with E-state index in [4.69, 9.17) is 17.3 Å². The SMILES string of the molecule is CSCCC(N)C(=O)N1CCCC(C(=O)Nc2ccc(Cl)cn2)C1. The van der Waals surface area contributed by atoms with Crippen molar-refractivity contribution in [1.29, 1.82) is 0 Å². The Kier molecular flexibility index (Phi) is 7.33. The molecule has 0 saturated carbocycles. The third kappa shape index (κ3) is 5.36. The highest BCUT2D eigenvalue weighted by Crippen LogP contribution is 2.20. The zero-order chi connectivity index (χ0) is 17.5. The number of pyridine rings is 1. The fourth-order valence-electron chi connectivity index (χ4n) is 2.67. The third-order valence-corrected chi connectivity index (χ3v) is 4.90. The lowest BCUT2D eigenvalue weighted by molar-refractivity contribution is -0.135. The second-order valence-electron chi connectivity index (χ2n) is 5.86.